The van der Waals surface area contributed by atoms with E-state index in [1.54, 1.807) is 65.5 Å². The lowest BCUT2D eigenvalue weighted by Crippen LogP contribution is -2.14. The second kappa shape index (κ2) is 8.67. The van der Waals surface area contributed by atoms with Gasteiger partial charge in [-0.05, 0) is 48.5 Å². The van der Waals surface area contributed by atoms with Crippen molar-refractivity contribution in [1.29, 1.82) is 0 Å². The van der Waals surface area contributed by atoms with E-state index in [1.165, 1.54) is 6.92 Å². The topological polar surface area (TPSA) is 89.2 Å². The summed E-state index contributed by atoms with van der Waals surface area (Å²) < 4.78 is 7.09. The summed E-state index contributed by atoms with van der Waals surface area (Å²) in [4.78, 5) is 24.1. The quantitative estimate of drug-likeness (QED) is 0.407. The average Bonchev–Trinajstić information content (AvgIpc) is 3.39. The number of nitrogens with zero attached hydrogens (tertiary/aromatic N) is 2. The Labute approximate surface area is 187 Å². The molecule has 0 saturated heterocycles. The summed E-state index contributed by atoms with van der Waals surface area (Å²) in [6.45, 7) is 1.40. The Hall–Kier alpha value is -3.55. The molecule has 9 heteroatoms. The molecule has 0 bridgehead atoms. The monoisotopic (exact) mass is 454 g/mol. The fourth-order valence-electron chi connectivity index (χ4n) is 2.98. The molecule has 0 spiro atoms. The fraction of sp³-hybridized carbons (Fsp3) is 0.0455. The molecule has 0 aliphatic carbocycles. The second-order valence-corrected chi connectivity index (χ2v) is 7.46. The molecule has 0 unspecified atom stereocenters. The number of anilines is 2. The lowest BCUT2D eigenvalue weighted by molar-refractivity contribution is -0.114. The van der Waals surface area contributed by atoms with Crippen molar-refractivity contribution in [1.82, 2.24) is 9.78 Å². The third-order valence-electron chi connectivity index (χ3n) is 4.31. The summed E-state index contributed by atoms with van der Waals surface area (Å²) >= 11 is 12.4. The highest BCUT2D eigenvalue weighted by Crippen LogP contribution is 2.28. The largest absolute Gasteiger partial charge is 0.463 e. The van der Waals surface area contributed by atoms with Crippen LogP contribution in [0.3, 0.4) is 0 Å². The van der Waals surface area contributed by atoms with Gasteiger partial charge < -0.3 is 15.1 Å². The lowest BCUT2D eigenvalue weighted by Gasteiger charge is -2.08. The van der Waals surface area contributed by atoms with Crippen LogP contribution in [-0.2, 0) is 4.79 Å². The molecule has 2 amide bonds. The van der Waals surface area contributed by atoms with Gasteiger partial charge in [-0.15, -0.1) is 0 Å². The van der Waals surface area contributed by atoms with Crippen LogP contribution in [0.15, 0.2) is 71.3 Å². The number of carbonyl (C=O) groups is 2. The zero-order valence-corrected chi connectivity index (χ0v) is 17.7. The van der Waals surface area contributed by atoms with E-state index < -0.39 is 5.91 Å². The SMILES string of the molecule is CC(=O)Nc1ccc(NC(=O)c2cc(-c3ccco3)n(-c3cccc(Cl)c3)n2)c(Cl)c1. The van der Waals surface area contributed by atoms with Crippen molar-refractivity contribution in [2.45, 2.75) is 6.92 Å². The van der Waals surface area contributed by atoms with E-state index in [2.05, 4.69) is 15.7 Å². The molecule has 0 atom stereocenters. The number of halogens is 2. The van der Waals surface area contributed by atoms with Gasteiger partial charge in [0.1, 0.15) is 5.69 Å². The molecule has 2 heterocycles. The summed E-state index contributed by atoms with van der Waals surface area (Å²) in [6.07, 6.45) is 1.54. The van der Waals surface area contributed by atoms with Crippen LogP contribution in [0.25, 0.3) is 17.1 Å². The van der Waals surface area contributed by atoms with E-state index in [4.69, 9.17) is 27.6 Å². The summed E-state index contributed by atoms with van der Waals surface area (Å²) in [6, 6.07) is 17.0. The van der Waals surface area contributed by atoms with Crippen molar-refractivity contribution < 1.29 is 14.0 Å². The Morgan fingerprint density at radius 1 is 1.00 bits per heavy atom. The summed E-state index contributed by atoms with van der Waals surface area (Å²) in [5, 5.41) is 10.6. The van der Waals surface area contributed by atoms with Crippen molar-refractivity contribution in [3.05, 3.63) is 82.7 Å². The van der Waals surface area contributed by atoms with Crippen LogP contribution in [0.1, 0.15) is 17.4 Å². The van der Waals surface area contributed by atoms with Crippen LogP contribution in [-0.4, -0.2) is 21.6 Å². The predicted octanol–water partition coefficient (Wildman–Crippen LogP) is 5.65. The van der Waals surface area contributed by atoms with E-state index in [9.17, 15) is 9.59 Å². The van der Waals surface area contributed by atoms with Crippen LogP contribution < -0.4 is 10.6 Å². The number of aromatic nitrogens is 2. The summed E-state index contributed by atoms with van der Waals surface area (Å²) in [7, 11) is 0. The summed E-state index contributed by atoms with van der Waals surface area (Å²) in [5.41, 5.74) is 2.34. The Kier molecular flexibility index (Phi) is 5.79. The van der Waals surface area contributed by atoms with E-state index >= 15 is 0 Å². The molecule has 0 saturated carbocycles. The second-order valence-electron chi connectivity index (χ2n) is 6.61. The normalized spacial score (nSPS) is 10.7. The number of carbonyl (C=O) groups excluding carboxylic acids is 2. The van der Waals surface area contributed by atoms with Gasteiger partial charge >= 0.3 is 0 Å². The minimum Gasteiger partial charge on any atom is -0.463 e. The molecule has 0 aliphatic rings. The Morgan fingerprint density at radius 3 is 2.52 bits per heavy atom. The van der Waals surface area contributed by atoms with Crippen LogP contribution in [0.5, 0.6) is 0 Å². The molecule has 2 aromatic carbocycles. The number of nitrogens with one attached hydrogen (secondary N) is 2. The first-order valence-electron chi connectivity index (χ1n) is 9.19. The molecule has 31 heavy (non-hydrogen) atoms. The van der Waals surface area contributed by atoms with Crippen LogP contribution in [0.2, 0.25) is 10.0 Å². The number of furan rings is 1. The van der Waals surface area contributed by atoms with Gasteiger partial charge in [0.05, 0.1) is 22.7 Å². The highest BCUT2D eigenvalue weighted by atomic mass is 35.5. The fourth-order valence-corrected chi connectivity index (χ4v) is 3.39. The molecule has 4 rings (SSSR count). The maximum Gasteiger partial charge on any atom is 0.276 e. The number of rotatable bonds is 5. The van der Waals surface area contributed by atoms with Gasteiger partial charge in [-0.3, -0.25) is 9.59 Å². The van der Waals surface area contributed by atoms with E-state index in [0.717, 1.165) is 0 Å². The van der Waals surface area contributed by atoms with Crippen molar-refractivity contribution in [2.75, 3.05) is 10.6 Å². The van der Waals surface area contributed by atoms with Crippen molar-refractivity contribution >= 4 is 46.4 Å². The third-order valence-corrected chi connectivity index (χ3v) is 4.85. The molecular weight excluding hydrogens is 439 g/mol. The minimum atomic E-state index is -0.456. The van der Waals surface area contributed by atoms with Crippen LogP contribution >= 0.6 is 23.2 Å². The van der Waals surface area contributed by atoms with Gasteiger partial charge in [0.15, 0.2) is 11.5 Å². The van der Waals surface area contributed by atoms with Gasteiger partial charge in [-0.1, -0.05) is 29.3 Å². The minimum absolute atomic E-state index is 0.161. The Morgan fingerprint density at radius 2 is 1.84 bits per heavy atom. The van der Waals surface area contributed by atoms with Crippen molar-refractivity contribution in [2.24, 2.45) is 0 Å². The van der Waals surface area contributed by atoms with E-state index in [-0.39, 0.29) is 16.6 Å². The van der Waals surface area contributed by atoms with Crippen LogP contribution in [0.4, 0.5) is 11.4 Å². The highest BCUT2D eigenvalue weighted by molar-refractivity contribution is 6.34. The van der Waals surface area contributed by atoms with Gasteiger partial charge in [0.2, 0.25) is 5.91 Å². The molecule has 0 radical (unpaired) electrons. The van der Waals surface area contributed by atoms with Crippen molar-refractivity contribution in [3.8, 4) is 17.1 Å². The van der Waals surface area contributed by atoms with E-state index in [0.29, 0.717) is 33.5 Å². The Balaban J connectivity index is 1.66. The number of benzene rings is 2. The molecule has 0 aliphatic heterocycles. The molecule has 0 fully saturated rings. The zero-order valence-electron chi connectivity index (χ0n) is 16.2. The number of hydrogen-bond donors (Lipinski definition) is 2. The third kappa shape index (κ3) is 4.63. The highest BCUT2D eigenvalue weighted by Gasteiger charge is 2.19. The van der Waals surface area contributed by atoms with Gasteiger partial charge in [-0.2, -0.15) is 5.10 Å². The molecular formula is C22H16Cl2N4O3. The molecule has 7 nitrogen and oxygen atoms in total. The average molecular weight is 455 g/mol. The molecule has 4 aromatic rings. The Bertz CT molecular complexity index is 1270. The molecule has 2 aromatic heterocycles. The summed E-state index contributed by atoms with van der Waals surface area (Å²) in [5.74, 6) is -0.128. The van der Waals surface area contributed by atoms with Gasteiger partial charge in [-0.25, -0.2) is 4.68 Å². The standard InChI is InChI=1S/C22H16Cl2N4O3/c1-13(29)25-15-7-8-18(17(24)11-15)26-22(30)19-12-20(21-6-3-9-31-21)28(27-19)16-5-2-4-14(23)10-16/h2-12H,1H3,(H,25,29)(H,26,30). The zero-order chi connectivity index (χ0) is 22.0. The first kappa shape index (κ1) is 20.7. The van der Waals surface area contributed by atoms with Crippen LogP contribution in [0, 0.1) is 0 Å². The molecule has 156 valence electrons. The first-order chi connectivity index (χ1) is 14.9. The lowest BCUT2D eigenvalue weighted by atomic mass is 10.2. The van der Waals surface area contributed by atoms with Gasteiger partial charge in [0.25, 0.3) is 5.91 Å². The number of amides is 2. The molecule has 2 N–H and O–H groups in total. The first-order valence-corrected chi connectivity index (χ1v) is 9.94. The van der Waals surface area contributed by atoms with Gasteiger partial charge in [0, 0.05) is 23.7 Å². The maximum atomic E-state index is 12.9. The van der Waals surface area contributed by atoms with Crippen molar-refractivity contribution in [3.63, 3.8) is 0 Å². The maximum absolute atomic E-state index is 12.9. The van der Waals surface area contributed by atoms with E-state index in [1.807, 2.05) is 6.07 Å². The smallest absolute Gasteiger partial charge is 0.276 e. The number of hydrogen-bond acceptors (Lipinski definition) is 4. The predicted molar refractivity (Wildman–Crippen MR) is 120 cm³/mol.